The van der Waals surface area contributed by atoms with Crippen LogP contribution in [0.3, 0.4) is 0 Å². The summed E-state index contributed by atoms with van der Waals surface area (Å²) in [5, 5.41) is 4.88. The van der Waals surface area contributed by atoms with Gasteiger partial charge in [0, 0.05) is 49.6 Å². The van der Waals surface area contributed by atoms with Crippen LogP contribution in [-0.2, 0) is 0 Å². The number of nitrogens with zero attached hydrogens (tertiary/aromatic N) is 5. The highest BCUT2D eigenvalue weighted by Crippen LogP contribution is 2.39. The monoisotopic (exact) mass is 867 g/mol. The molecule has 0 saturated carbocycles. The largest absolute Gasteiger partial charge is 0.309 e. The van der Waals surface area contributed by atoms with Crippen molar-refractivity contribution in [1.29, 1.82) is 0 Å². The molecule has 3 heterocycles. The van der Waals surface area contributed by atoms with Gasteiger partial charge in [0.25, 0.3) is 0 Å². The molecule has 0 radical (unpaired) electrons. The van der Waals surface area contributed by atoms with E-state index in [0.29, 0.717) is 17.5 Å². The van der Waals surface area contributed by atoms with Crippen molar-refractivity contribution in [1.82, 2.24) is 24.1 Å². The summed E-state index contributed by atoms with van der Waals surface area (Å²) in [6.07, 6.45) is 0. The van der Waals surface area contributed by atoms with Crippen molar-refractivity contribution >= 4 is 43.6 Å². The van der Waals surface area contributed by atoms with E-state index in [1.807, 2.05) is 60.7 Å². The van der Waals surface area contributed by atoms with Gasteiger partial charge in [0.1, 0.15) is 0 Å². The van der Waals surface area contributed by atoms with E-state index in [1.54, 1.807) is 0 Å². The molecule has 0 bridgehead atoms. The van der Waals surface area contributed by atoms with Crippen molar-refractivity contribution in [3.63, 3.8) is 0 Å². The smallest absolute Gasteiger partial charge is 0.164 e. The van der Waals surface area contributed by atoms with Gasteiger partial charge in [-0.2, -0.15) is 0 Å². The van der Waals surface area contributed by atoms with Crippen molar-refractivity contribution in [3.8, 4) is 78.9 Å². The van der Waals surface area contributed by atoms with Crippen molar-refractivity contribution in [2.45, 2.75) is 0 Å². The van der Waals surface area contributed by atoms with Crippen LogP contribution in [0.5, 0.6) is 0 Å². The molecule has 13 aromatic rings. The molecular weight excluding hydrogens is 827 g/mol. The zero-order chi connectivity index (χ0) is 45.0. The highest BCUT2D eigenvalue weighted by atomic mass is 15.0. The lowest BCUT2D eigenvalue weighted by Gasteiger charge is -2.11. The predicted molar refractivity (Wildman–Crippen MR) is 281 cm³/mol. The summed E-state index contributed by atoms with van der Waals surface area (Å²) < 4.78 is 4.78. The van der Waals surface area contributed by atoms with Gasteiger partial charge in [-0.25, -0.2) is 15.0 Å². The number of hydrogen-bond acceptors (Lipinski definition) is 3. The first-order valence-corrected chi connectivity index (χ1v) is 23.0. The minimum absolute atomic E-state index is 0.636. The van der Waals surface area contributed by atoms with Gasteiger partial charge in [-0.3, -0.25) is 0 Å². The summed E-state index contributed by atoms with van der Waals surface area (Å²) in [5.41, 5.74) is 16.8. The van der Waals surface area contributed by atoms with E-state index < -0.39 is 0 Å². The van der Waals surface area contributed by atoms with E-state index in [1.165, 1.54) is 60.3 Å². The van der Waals surface area contributed by atoms with Crippen LogP contribution in [0.25, 0.3) is 123 Å². The van der Waals surface area contributed by atoms with Crippen LogP contribution in [0.1, 0.15) is 0 Å². The number of rotatable bonds is 8. The van der Waals surface area contributed by atoms with Crippen LogP contribution in [0.2, 0.25) is 0 Å². The molecule has 0 amide bonds. The van der Waals surface area contributed by atoms with Crippen molar-refractivity contribution in [2.24, 2.45) is 0 Å². The molecule has 0 atom stereocenters. The molecule has 0 unspecified atom stereocenters. The third-order valence-electron chi connectivity index (χ3n) is 13.2. The quantitative estimate of drug-likeness (QED) is 0.153. The molecule has 0 spiro atoms. The summed E-state index contributed by atoms with van der Waals surface area (Å²) in [6, 6.07) is 88.4. The molecule has 68 heavy (non-hydrogen) atoms. The Morgan fingerprint density at radius 3 is 1.15 bits per heavy atom. The Balaban J connectivity index is 0.854. The second-order valence-electron chi connectivity index (χ2n) is 17.3. The summed E-state index contributed by atoms with van der Waals surface area (Å²) in [4.78, 5) is 14.9. The Hall–Kier alpha value is -9.19. The topological polar surface area (TPSA) is 48.5 Å². The normalized spacial score (nSPS) is 11.5. The molecule has 0 fully saturated rings. The molecule has 0 aliphatic heterocycles. The number of para-hydroxylation sites is 2. The van der Waals surface area contributed by atoms with Crippen molar-refractivity contribution < 1.29 is 0 Å². The highest BCUT2D eigenvalue weighted by molar-refractivity contribution is 6.12. The molecule has 0 N–H and O–H groups in total. The molecule has 0 aliphatic carbocycles. The first-order valence-electron chi connectivity index (χ1n) is 23.0. The zero-order valence-electron chi connectivity index (χ0n) is 36.9. The summed E-state index contributed by atoms with van der Waals surface area (Å²) in [7, 11) is 0. The van der Waals surface area contributed by atoms with Crippen LogP contribution >= 0.6 is 0 Å². The Bertz CT molecular complexity index is 3940. The molecular formula is C63H41N5. The third kappa shape index (κ3) is 6.84. The molecule has 0 saturated heterocycles. The van der Waals surface area contributed by atoms with Gasteiger partial charge in [0.2, 0.25) is 0 Å². The average molecular weight is 868 g/mol. The molecule has 5 heteroatoms. The summed E-state index contributed by atoms with van der Waals surface area (Å²) >= 11 is 0. The fourth-order valence-corrected chi connectivity index (χ4v) is 9.89. The SMILES string of the molecule is c1ccc(-c2cccc(-n3c4ccccc4c4cc(-c5ccc(-n6c7ccccc7c7cc(-c8cccc(-c9nc(-c%10ccccc%10)nc(-c%10ccccc%10)n9)c8)ccc76)cc5)ccc43)c2)cc1. The second-order valence-corrected chi connectivity index (χ2v) is 17.3. The average Bonchev–Trinajstić information content (AvgIpc) is 3.94. The molecule has 10 aromatic carbocycles. The predicted octanol–water partition coefficient (Wildman–Crippen LogP) is 16.1. The van der Waals surface area contributed by atoms with Crippen molar-refractivity contribution in [3.05, 3.63) is 249 Å². The maximum atomic E-state index is 5.01. The van der Waals surface area contributed by atoms with Crippen LogP contribution in [0.4, 0.5) is 0 Å². The second kappa shape index (κ2) is 16.4. The minimum Gasteiger partial charge on any atom is -0.309 e. The molecule has 0 aliphatic rings. The van der Waals surface area contributed by atoms with E-state index in [4.69, 9.17) is 15.0 Å². The first kappa shape index (κ1) is 39.2. The summed E-state index contributed by atoms with van der Waals surface area (Å²) in [5.74, 6) is 1.93. The van der Waals surface area contributed by atoms with E-state index in [9.17, 15) is 0 Å². The Kier molecular flexibility index (Phi) is 9.43. The van der Waals surface area contributed by atoms with Gasteiger partial charge in [0.15, 0.2) is 17.5 Å². The van der Waals surface area contributed by atoms with Crippen molar-refractivity contribution in [2.75, 3.05) is 0 Å². The lowest BCUT2D eigenvalue weighted by atomic mass is 10.0. The lowest BCUT2D eigenvalue weighted by Crippen LogP contribution is -2.00. The lowest BCUT2D eigenvalue weighted by molar-refractivity contribution is 1.07. The standard InChI is InChI=1S/C63H41N5/c1-4-16-42(17-5-1)47-23-15-25-52(39-47)68-58-29-13-11-27-54(58)55-40-48(32-36-60(55)68)43-30-34-51(35-31-43)67-57-28-12-10-26-53(57)56-41-49(33-37-59(56)67)46-22-14-24-50(38-46)63-65-61(44-18-6-2-7-19-44)64-62(66-63)45-20-8-3-9-21-45/h1-41H. The van der Waals surface area contributed by atoms with E-state index in [-0.39, 0.29) is 0 Å². The summed E-state index contributed by atoms with van der Waals surface area (Å²) in [6.45, 7) is 0. The van der Waals surface area contributed by atoms with E-state index in [0.717, 1.165) is 44.7 Å². The molecule has 13 rings (SSSR count). The molecule has 318 valence electrons. The maximum Gasteiger partial charge on any atom is 0.164 e. The van der Waals surface area contributed by atoms with Crippen LogP contribution in [0.15, 0.2) is 249 Å². The number of fused-ring (bicyclic) bond motifs is 6. The van der Waals surface area contributed by atoms with Crippen LogP contribution in [0, 0.1) is 0 Å². The Morgan fingerprint density at radius 2 is 0.574 bits per heavy atom. The van der Waals surface area contributed by atoms with Gasteiger partial charge in [-0.05, 0) is 100 Å². The van der Waals surface area contributed by atoms with Gasteiger partial charge in [0.05, 0.1) is 22.1 Å². The van der Waals surface area contributed by atoms with E-state index in [2.05, 4.69) is 197 Å². The molecule has 5 nitrogen and oxygen atoms in total. The number of hydrogen-bond donors (Lipinski definition) is 0. The Morgan fingerprint density at radius 1 is 0.206 bits per heavy atom. The number of benzene rings is 10. The van der Waals surface area contributed by atoms with Gasteiger partial charge in [-0.15, -0.1) is 0 Å². The van der Waals surface area contributed by atoms with Gasteiger partial charge >= 0.3 is 0 Å². The maximum absolute atomic E-state index is 5.01. The molecule has 3 aromatic heterocycles. The van der Waals surface area contributed by atoms with Gasteiger partial charge < -0.3 is 9.13 Å². The third-order valence-corrected chi connectivity index (χ3v) is 13.2. The zero-order valence-corrected chi connectivity index (χ0v) is 36.9. The fourth-order valence-electron chi connectivity index (χ4n) is 9.89. The first-order chi connectivity index (χ1) is 33.7. The van der Waals surface area contributed by atoms with Gasteiger partial charge in [-0.1, -0.05) is 182 Å². The number of aromatic nitrogens is 5. The Labute approximate surface area is 393 Å². The highest BCUT2D eigenvalue weighted by Gasteiger charge is 2.18. The van der Waals surface area contributed by atoms with E-state index >= 15 is 0 Å². The van der Waals surface area contributed by atoms with Crippen LogP contribution in [-0.4, -0.2) is 24.1 Å². The fraction of sp³-hybridized carbons (Fsp3) is 0. The van der Waals surface area contributed by atoms with Crippen LogP contribution < -0.4 is 0 Å². The minimum atomic E-state index is 0.636.